The number of carbonyl (C=O) groups excluding carboxylic acids is 1. The smallest absolute Gasteiger partial charge is 0.315 e. The molecular weight excluding hydrogens is 324 g/mol. The van der Waals surface area contributed by atoms with Crippen LogP contribution in [0.3, 0.4) is 0 Å². The lowest BCUT2D eigenvalue weighted by Gasteiger charge is -2.12. The summed E-state index contributed by atoms with van der Waals surface area (Å²) in [5, 5.41) is 6.32. The summed E-state index contributed by atoms with van der Waals surface area (Å²) < 4.78 is 1.92. The normalized spacial score (nSPS) is 10.4. The van der Waals surface area contributed by atoms with E-state index in [0.717, 1.165) is 16.8 Å². The van der Waals surface area contributed by atoms with Gasteiger partial charge in [-0.1, -0.05) is 48.0 Å². The van der Waals surface area contributed by atoms with Crippen molar-refractivity contribution in [1.29, 1.82) is 0 Å². The molecule has 122 valence electrons. The Kier molecular flexibility index (Phi) is 5.13. The van der Waals surface area contributed by atoms with Gasteiger partial charge in [-0.05, 0) is 23.3 Å². The molecule has 3 aromatic rings. The third kappa shape index (κ3) is 3.94. The number of urea groups is 1. The molecule has 0 saturated carbocycles. The van der Waals surface area contributed by atoms with Crippen LogP contribution in [0.2, 0.25) is 5.02 Å². The van der Waals surface area contributed by atoms with Crippen LogP contribution < -0.4 is 10.6 Å². The number of amides is 2. The Labute approximate surface area is 145 Å². The molecule has 1 aromatic heterocycles. The predicted octanol–water partition coefficient (Wildman–Crippen LogP) is 3.53. The molecule has 1 heterocycles. The van der Waals surface area contributed by atoms with Crippen molar-refractivity contribution in [2.45, 2.75) is 13.1 Å². The number of rotatable bonds is 5. The third-order valence-corrected chi connectivity index (χ3v) is 3.98. The molecule has 5 nitrogen and oxygen atoms in total. The van der Waals surface area contributed by atoms with Crippen molar-refractivity contribution in [2.24, 2.45) is 0 Å². The Morgan fingerprint density at radius 3 is 2.38 bits per heavy atom. The molecule has 2 aromatic carbocycles. The fourth-order valence-corrected chi connectivity index (χ4v) is 2.57. The first-order chi connectivity index (χ1) is 11.7. The van der Waals surface area contributed by atoms with Gasteiger partial charge in [0.1, 0.15) is 0 Å². The summed E-state index contributed by atoms with van der Waals surface area (Å²) in [5.74, 6) is 0. The summed E-state index contributed by atoms with van der Waals surface area (Å²) in [5.41, 5.74) is 2.87. The number of benzene rings is 2. The average molecular weight is 341 g/mol. The molecule has 0 spiro atoms. The second-order valence-corrected chi connectivity index (χ2v) is 5.63. The van der Waals surface area contributed by atoms with Gasteiger partial charge in [-0.3, -0.25) is 0 Å². The van der Waals surface area contributed by atoms with Crippen LogP contribution >= 0.6 is 11.6 Å². The Hall–Kier alpha value is -2.79. The van der Waals surface area contributed by atoms with Gasteiger partial charge in [-0.15, -0.1) is 0 Å². The number of hydrogen-bond acceptors (Lipinski definition) is 2. The van der Waals surface area contributed by atoms with Crippen LogP contribution in [0.1, 0.15) is 11.1 Å². The minimum atomic E-state index is -0.240. The predicted molar refractivity (Wildman–Crippen MR) is 94.1 cm³/mol. The Balaban J connectivity index is 1.58. The third-order valence-electron chi connectivity index (χ3n) is 3.61. The average Bonchev–Trinajstić information content (AvgIpc) is 3.14. The maximum absolute atomic E-state index is 12.0. The summed E-state index contributed by atoms with van der Waals surface area (Å²) in [4.78, 5) is 16.1. The van der Waals surface area contributed by atoms with E-state index in [9.17, 15) is 4.79 Å². The van der Waals surface area contributed by atoms with E-state index in [4.69, 9.17) is 11.6 Å². The second-order valence-electron chi connectivity index (χ2n) is 5.23. The maximum Gasteiger partial charge on any atom is 0.315 e. The minimum absolute atomic E-state index is 0.240. The van der Waals surface area contributed by atoms with Crippen molar-refractivity contribution in [2.75, 3.05) is 0 Å². The molecule has 6 heteroatoms. The first-order valence-electron chi connectivity index (χ1n) is 7.55. The minimum Gasteiger partial charge on any atom is -0.334 e. The van der Waals surface area contributed by atoms with Gasteiger partial charge in [0.15, 0.2) is 0 Å². The van der Waals surface area contributed by atoms with E-state index in [-0.39, 0.29) is 6.03 Å². The lowest BCUT2D eigenvalue weighted by atomic mass is 10.1. The molecule has 0 aliphatic heterocycles. The van der Waals surface area contributed by atoms with E-state index in [2.05, 4.69) is 15.6 Å². The number of halogens is 1. The van der Waals surface area contributed by atoms with Gasteiger partial charge in [0, 0.05) is 30.5 Å². The van der Waals surface area contributed by atoms with Gasteiger partial charge < -0.3 is 15.2 Å². The van der Waals surface area contributed by atoms with Gasteiger partial charge in [-0.2, -0.15) is 0 Å². The van der Waals surface area contributed by atoms with Crippen LogP contribution in [-0.4, -0.2) is 15.6 Å². The highest BCUT2D eigenvalue weighted by molar-refractivity contribution is 6.31. The number of carbonyl (C=O) groups is 1. The first kappa shape index (κ1) is 16.1. The zero-order chi connectivity index (χ0) is 16.8. The van der Waals surface area contributed by atoms with Gasteiger partial charge in [0.2, 0.25) is 0 Å². The highest BCUT2D eigenvalue weighted by Crippen LogP contribution is 2.15. The highest BCUT2D eigenvalue weighted by atomic mass is 35.5. The number of hydrogen-bond donors (Lipinski definition) is 2. The summed E-state index contributed by atoms with van der Waals surface area (Å²) >= 11 is 6.08. The Bertz CT molecular complexity index is 817. The van der Waals surface area contributed by atoms with Crippen LogP contribution in [0.4, 0.5) is 4.79 Å². The number of para-hydroxylation sites is 1. The van der Waals surface area contributed by atoms with Crippen LogP contribution in [-0.2, 0) is 13.1 Å². The number of nitrogens with one attached hydrogen (secondary N) is 2. The summed E-state index contributed by atoms with van der Waals surface area (Å²) in [6.45, 7) is 0.803. The maximum atomic E-state index is 12.0. The first-order valence-corrected chi connectivity index (χ1v) is 7.93. The van der Waals surface area contributed by atoms with E-state index in [0.29, 0.717) is 18.1 Å². The van der Waals surface area contributed by atoms with Gasteiger partial charge in [-0.25, -0.2) is 9.78 Å². The SMILES string of the molecule is O=C(NCc1ccccc1Cl)NCc1ccccc1-n1ccnc1. The van der Waals surface area contributed by atoms with Crippen molar-refractivity contribution in [3.05, 3.63) is 83.4 Å². The molecule has 0 unspecified atom stereocenters. The molecule has 0 saturated heterocycles. The number of aromatic nitrogens is 2. The lowest BCUT2D eigenvalue weighted by molar-refractivity contribution is 0.240. The number of imidazole rings is 1. The van der Waals surface area contributed by atoms with E-state index < -0.39 is 0 Å². The molecule has 0 aliphatic carbocycles. The van der Waals surface area contributed by atoms with Crippen LogP contribution in [0, 0.1) is 0 Å². The molecule has 24 heavy (non-hydrogen) atoms. The van der Waals surface area contributed by atoms with Crippen molar-refractivity contribution < 1.29 is 4.79 Å². The molecule has 0 bridgehead atoms. The van der Waals surface area contributed by atoms with Crippen molar-refractivity contribution in [1.82, 2.24) is 20.2 Å². The molecule has 2 amide bonds. The van der Waals surface area contributed by atoms with E-state index in [1.54, 1.807) is 18.6 Å². The van der Waals surface area contributed by atoms with Crippen molar-refractivity contribution >= 4 is 17.6 Å². The molecule has 0 radical (unpaired) electrons. The topological polar surface area (TPSA) is 59.0 Å². The lowest BCUT2D eigenvalue weighted by Crippen LogP contribution is -2.34. The Morgan fingerprint density at radius 2 is 1.67 bits per heavy atom. The van der Waals surface area contributed by atoms with Gasteiger partial charge in [0.25, 0.3) is 0 Å². The molecule has 0 aliphatic rings. The molecule has 0 fully saturated rings. The Morgan fingerprint density at radius 1 is 1.00 bits per heavy atom. The zero-order valence-corrected chi connectivity index (χ0v) is 13.7. The molecule has 0 atom stereocenters. The molecule has 3 rings (SSSR count). The summed E-state index contributed by atoms with van der Waals surface area (Å²) in [6.07, 6.45) is 5.33. The zero-order valence-electron chi connectivity index (χ0n) is 12.9. The van der Waals surface area contributed by atoms with Crippen LogP contribution in [0.15, 0.2) is 67.3 Å². The van der Waals surface area contributed by atoms with Crippen molar-refractivity contribution in [3.8, 4) is 5.69 Å². The highest BCUT2D eigenvalue weighted by Gasteiger charge is 2.06. The number of nitrogens with zero attached hydrogens (tertiary/aromatic N) is 2. The fourth-order valence-electron chi connectivity index (χ4n) is 2.37. The van der Waals surface area contributed by atoms with Gasteiger partial charge >= 0.3 is 6.03 Å². The quantitative estimate of drug-likeness (QED) is 0.746. The van der Waals surface area contributed by atoms with Gasteiger partial charge in [0.05, 0.1) is 12.0 Å². The molecular formula is C18H17ClN4O. The second kappa shape index (κ2) is 7.66. The van der Waals surface area contributed by atoms with Crippen molar-refractivity contribution in [3.63, 3.8) is 0 Å². The van der Waals surface area contributed by atoms with Crippen LogP contribution in [0.25, 0.3) is 5.69 Å². The summed E-state index contributed by atoms with van der Waals surface area (Å²) in [6, 6.07) is 15.1. The summed E-state index contributed by atoms with van der Waals surface area (Å²) in [7, 11) is 0. The standard InChI is InChI=1S/C18H17ClN4O/c19-16-7-3-1-5-14(16)11-21-18(24)22-12-15-6-2-4-8-17(15)23-10-9-20-13-23/h1-10,13H,11-12H2,(H2,21,22,24). The van der Waals surface area contributed by atoms with E-state index in [1.165, 1.54) is 0 Å². The van der Waals surface area contributed by atoms with E-state index >= 15 is 0 Å². The largest absolute Gasteiger partial charge is 0.334 e. The monoisotopic (exact) mass is 340 g/mol. The van der Waals surface area contributed by atoms with E-state index in [1.807, 2.05) is 53.2 Å². The molecule has 2 N–H and O–H groups in total. The van der Waals surface area contributed by atoms with Crippen LogP contribution in [0.5, 0.6) is 0 Å². The fraction of sp³-hybridized carbons (Fsp3) is 0.111.